The van der Waals surface area contributed by atoms with Gasteiger partial charge in [0, 0.05) is 30.9 Å². The van der Waals surface area contributed by atoms with Gasteiger partial charge in [0.2, 0.25) is 5.91 Å². The monoisotopic (exact) mass is 263 g/mol. The lowest BCUT2D eigenvalue weighted by atomic mass is 9.79. The van der Waals surface area contributed by atoms with Crippen LogP contribution >= 0.6 is 0 Å². The van der Waals surface area contributed by atoms with Gasteiger partial charge in [0.15, 0.2) is 0 Å². The van der Waals surface area contributed by atoms with E-state index in [0.717, 1.165) is 18.5 Å². The molecule has 1 aromatic rings. The number of aryl methyl sites for hydroxylation is 1. The van der Waals surface area contributed by atoms with E-state index in [9.17, 15) is 4.79 Å². The Morgan fingerprint density at radius 2 is 2.11 bits per heavy atom. The van der Waals surface area contributed by atoms with Gasteiger partial charge in [-0.25, -0.2) is 0 Å². The van der Waals surface area contributed by atoms with Crippen LogP contribution in [0.2, 0.25) is 0 Å². The van der Waals surface area contributed by atoms with Crippen LogP contribution in [0, 0.1) is 0 Å². The number of carbonyl (C=O) groups excluding carboxylic acids is 1. The topological polar surface area (TPSA) is 46.1 Å². The minimum atomic E-state index is 0.0243. The van der Waals surface area contributed by atoms with Crippen LogP contribution in [0.4, 0.5) is 0 Å². The summed E-state index contributed by atoms with van der Waals surface area (Å²) in [6, 6.07) is 4.03. The van der Waals surface area contributed by atoms with Crippen LogP contribution < -0.4 is 10.6 Å². The molecule has 0 unspecified atom stereocenters. The first kappa shape index (κ1) is 14.1. The summed E-state index contributed by atoms with van der Waals surface area (Å²) in [4.78, 5) is 12.1. The van der Waals surface area contributed by atoms with Gasteiger partial charge in [0.1, 0.15) is 0 Å². The summed E-state index contributed by atoms with van der Waals surface area (Å²) < 4.78 is 2.04. The lowest BCUT2D eigenvalue weighted by Crippen LogP contribution is -2.48. The maximum absolute atomic E-state index is 12.1. The van der Waals surface area contributed by atoms with Gasteiger partial charge in [0.05, 0.1) is 6.54 Å². The molecular weight excluding hydrogens is 238 g/mol. The molecular formula is C15H25N3O. The highest BCUT2D eigenvalue weighted by molar-refractivity contribution is 5.77. The molecule has 1 saturated carbocycles. The summed E-state index contributed by atoms with van der Waals surface area (Å²) in [5.74, 6) is 0.150. The molecule has 1 heterocycles. The average molecular weight is 263 g/mol. The summed E-state index contributed by atoms with van der Waals surface area (Å²) in [7, 11) is 3.98. The largest absolute Gasteiger partial charge is 0.353 e. The first-order valence-electron chi connectivity index (χ1n) is 7.21. The molecule has 19 heavy (non-hydrogen) atoms. The number of aromatic nitrogens is 1. The fourth-order valence-corrected chi connectivity index (χ4v) is 2.98. The maximum atomic E-state index is 12.1. The molecule has 0 aliphatic heterocycles. The molecule has 0 spiro atoms. The van der Waals surface area contributed by atoms with Crippen molar-refractivity contribution in [2.45, 2.75) is 50.6 Å². The fraction of sp³-hybridized carbons (Fsp3) is 0.667. The molecule has 0 saturated heterocycles. The average Bonchev–Trinajstić information content (AvgIpc) is 2.83. The highest BCUT2D eigenvalue weighted by Crippen LogP contribution is 2.30. The van der Waals surface area contributed by atoms with Crippen LogP contribution in [-0.4, -0.2) is 23.1 Å². The third kappa shape index (κ3) is 3.60. The van der Waals surface area contributed by atoms with E-state index in [1.165, 1.54) is 19.3 Å². The third-order valence-corrected chi connectivity index (χ3v) is 4.36. The first-order chi connectivity index (χ1) is 9.15. The molecule has 2 N–H and O–H groups in total. The van der Waals surface area contributed by atoms with E-state index >= 15 is 0 Å². The van der Waals surface area contributed by atoms with Crippen molar-refractivity contribution in [2.75, 3.05) is 7.05 Å². The second-order valence-corrected chi connectivity index (χ2v) is 5.65. The van der Waals surface area contributed by atoms with Gasteiger partial charge in [-0.05, 0) is 32.0 Å². The summed E-state index contributed by atoms with van der Waals surface area (Å²) >= 11 is 0. The van der Waals surface area contributed by atoms with Gasteiger partial charge in [-0.3, -0.25) is 4.79 Å². The minimum absolute atomic E-state index is 0.0243. The van der Waals surface area contributed by atoms with E-state index in [4.69, 9.17) is 0 Å². The Bertz CT molecular complexity index is 419. The zero-order chi connectivity index (χ0) is 13.7. The van der Waals surface area contributed by atoms with Crippen molar-refractivity contribution in [2.24, 2.45) is 7.05 Å². The molecule has 0 aromatic carbocycles. The summed E-state index contributed by atoms with van der Waals surface area (Å²) in [6.45, 7) is 0.613. The maximum Gasteiger partial charge on any atom is 0.222 e. The molecule has 1 fully saturated rings. The first-order valence-corrected chi connectivity index (χ1v) is 7.21. The molecule has 0 bridgehead atoms. The minimum Gasteiger partial charge on any atom is -0.353 e. The Morgan fingerprint density at radius 3 is 2.68 bits per heavy atom. The molecule has 1 aliphatic rings. The summed E-state index contributed by atoms with van der Waals surface area (Å²) in [6.07, 6.45) is 8.57. The van der Waals surface area contributed by atoms with Crippen molar-refractivity contribution in [3.63, 3.8) is 0 Å². The van der Waals surface area contributed by atoms with Gasteiger partial charge in [-0.2, -0.15) is 0 Å². The molecule has 4 heteroatoms. The number of carbonyl (C=O) groups is 1. The second-order valence-electron chi connectivity index (χ2n) is 5.65. The highest BCUT2D eigenvalue weighted by atomic mass is 16.1. The van der Waals surface area contributed by atoms with E-state index in [0.29, 0.717) is 13.0 Å². The third-order valence-electron chi connectivity index (χ3n) is 4.36. The predicted octanol–water partition coefficient (Wildman–Crippen LogP) is 1.95. The quantitative estimate of drug-likeness (QED) is 0.853. The number of nitrogens with one attached hydrogen (secondary N) is 2. The van der Waals surface area contributed by atoms with Crippen molar-refractivity contribution in [1.29, 1.82) is 0 Å². The molecule has 1 aromatic heterocycles. The molecule has 2 rings (SSSR count). The van der Waals surface area contributed by atoms with Gasteiger partial charge in [-0.1, -0.05) is 19.3 Å². The highest BCUT2D eigenvalue weighted by Gasteiger charge is 2.32. The predicted molar refractivity (Wildman–Crippen MR) is 76.8 cm³/mol. The number of nitrogens with zero attached hydrogens (tertiary/aromatic N) is 1. The van der Waals surface area contributed by atoms with Gasteiger partial charge >= 0.3 is 0 Å². The Kier molecular flexibility index (Phi) is 4.64. The van der Waals surface area contributed by atoms with Crippen LogP contribution in [0.25, 0.3) is 0 Å². The van der Waals surface area contributed by atoms with Crippen LogP contribution in [0.5, 0.6) is 0 Å². The van der Waals surface area contributed by atoms with Crippen molar-refractivity contribution in [3.05, 3.63) is 24.0 Å². The molecule has 1 aliphatic carbocycles. The second kappa shape index (κ2) is 6.24. The van der Waals surface area contributed by atoms with Gasteiger partial charge in [0.25, 0.3) is 0 Å². The molecule has 0 atom stereocenters. The van der Waals surface area contributed by atoms with Crippen molar-refractivity contribution >= 4 is 5.91 Å². The molecule has 1 amide bonds. The number of rotatable bonds is 5. The van der Waals surface area contributed by atoms with Crippen molar-refractivity contribution in [3.8, 4) is 0 Å². The standard InChI is InChI=1S/C15H25N3O/c1-16-15(8-4-3-5-9-15)11-14(19)17-12-13-7-6-10-18(13)2/h6-7,10,16H,3-5,8-9,11-12H2,1-2H3,(H,17,19). The Balaban J connectivity index is 1.84. The van der Waals surface area contributed by atoms with Crippen LogP contribution in [-0.2, 0) is 18.4 Å². The molecule has 106 valence electrons. The normalized spacial score (nSPS) is 18.2. The number of amides is 1. The van der Waals surface area contributed by atoms with E-state index in [-0.39, 0.29) is 11.4 Å². The summed E-state index contributed by atoms with van der Waals surface area (Å²) in [5.41, 5.74) is 1.16. The smallest absolute Gasteiger partial charge is 0.222 e. The van der Waals surface area contributed by atoms with Gasteiger partial charge in [-0.15, -0.1) is 0 Å². The van der Waals surface area contributed by atoms with Crippen molar-refractivity contribution < 1.29 is 4.79 Å². The van der Waals surface area contributed by atoms with Crippen molar-refractivity contribution in [1.82, 2.24) is 15.2 Å². The summed E-state index contributed by atoms with van der Waals surface area (Å²) in [5, 5.41) is 6.42. The van der Waals surface area contributed by atoms with Crippen LogP contribution in [0.3, 0.4) is 0 Å². The zero-order valence-corrected chi connectivity index (χ0v) is 12.0. The molecule has 4 nitrogen and oxygen atoms in total. The van der Waals surface area contributed by atoms with Gasteiger partial charge < -0.3 is 15.2 Å². The van der Waals surface area contributed by atoms with E-state index < -0.39 is 0 Å². The van der Waals surface area contributed by atoms with Crippen LogP contribution in [0.15, 0.2) is 18.3 Å². The Labute approximate surface area is 115 Å². The number of hydrogen-bond donors (Lipinski definition) is 2. The lowest BCUT2D eigenvalue weighted by Gasteiger charge is -2.36. The zero-order valence-electron chi connectivity index (χ0n) is 12.0. The van der Waals surface area contributed by atoms with Crippen LogP contribution in [0.1, 0.15) is 44.2 Å². The molecule has 0 radical (unpaired) electrons. The SMILES string of the molecule is CNC1(CC(=O)NCc2cccn2C)CCCCC1. The fourth-order valence-electron chi connectivity index (χ4n) is 2.98. The Hall–Kier alpha value is -1.29. The number of hydrogen-bond acceptors (Lipinski definition) is 2. The van der Waals surface area contributed by atoms with E-state index in [1.54, 1.807) is 0 Å². The Morgan fingerprint density at radius 1 is 1.37 bits per heavy atom. The van der Waals surface area contributed by atoms with E-state index in [1.807, 2.05) is 37.0 Å². The van der Waals surface area contributed by atoms with E-state index in [2.05, 4.69) is 10.6 Å². The lowest BCUT2D eigenvalue weighted by molar-refractivity contribution is -0.123.